The number of hydrogen-bond donors (Lipinski definition) is 2. The van der Waals surface area contributed by atoms with Crippen LogP contribution in [0.5, 0.6) is 0 Å². The summed E-state index contributed by atoms with van der Waals surface area (Å²) in [7, 11) is 0.590. The molecule has 0 spiro atoms. The molecule has 20 heavy (non-hydrogen) atoms. The van der Waals surface area contributed by atoms with E-state index in [1.165, 1.54) is 18.2 Å². The number of nitrogens with one attached hydrogen (secondary N) is 1. The van der Waals surface area contributed by atoms with Gasteiger partial charge in [-0.15, -0.1) is 0 Å². The highest BCUT2D eigenvalue weighted by atomic mass is 32.2. The highest BCUT2D eigenvalue weighted by Gasteiger charge is 2.06. The molecule has 0 heterocycles. The molecule has 3 N–H and O–H groups in total. The first kappa shape index (κ1) is 16.6. The van der Waals surface area contributed by atoms with Gasteiger partial charge in [-0.2, -0.15) is 0 Å². The first-order valence-corrected chi connectivity index (χ1v) is 7.70. The molecule has 0 aliphatic carbocycles. The SMILES string of the molecule is COCCS(=O)CCCC(=O)Nc1ccc(F)c(N)c1. The van der Waals surface area contributed by atoms with Gasteiger partial charge in [0.15, 0.2) is 0 Å². The van der Waals surface area contributed by atoms with Crippen LogP contribution >= 0.6 is 0 Å². The fourth-order valence-corrected chi connectivity index (χ4v) is 2.54. The lowest BCUT2D eigenvalue weighted by atomic mass is 10.2. The van der Waals surface area contributed by atoms with Gasteiger partial charge in [-0.1, -0.05) is 0 Å². The third-order valence-electron chi connectivity index (χ3n) is 2.57. The number of methoxy groups -OCH3 is 1. The Bertz CT molecular complexity index is 483. The summed E-state index contributed by atoms with van der Waals surface area (Å²) in [6.45, 7) is 0.452. The number of hydrogen-bond acceptors (Lipinski definition) is 4. The van der Waals surface area contributed by atoms with E-state index in [1.807, 2.05) is 0 Å². The zero-order valence-corrected chi connectivity index (χ0v) is 12.2. The van der Waals surface area contributed by atoms with Crippen molar-refractivity contribution in [1.82, 2.24) is 0 Å². The summed E-state index contributed by atoms with van der Waals surface area (Å²) in [5.41, 5.74) is 5.85. The molecule has 0 fully saturated rings. The fourth-order valence-electron chi connectivity index (χ4n) is 1.52. The third kappa shape index (κ3) is 6.12. The van der Waals surface area contributed by atoms with Gasteiger partial charge in [0.05, 0.1) is 12.3 Å². The maximum Gasteiger partial charge on any atom is 0.224 e. The van der Waals surface area contributed by atoms with Crippen LogP contribution in [0.25, 0.3) is 0 Å². The maximum atomic E-state index is 12.9. The number of carbonyl (C=O) groups is 1. The van der Waals surface area contributed by atoms with E-state index in [9.17, 15) is 13.4 Å². The van der Waals surface area contributed by atoms with Crippen LogP contribution in [-0.2, 0) is 20.3 Å². The number of amides is 1. The van der Waals surface area contributed by atoms with Crippen molar-refractivity contribution in [2.45, 2.75) is 12.8 Å². The molecule has 0 aliphatic heterocycles. The van der Waals surface area contributed by atoms with Crippen LogP contribution in [-0.4, -0.2) is 35.3 Å². The molecule has 112 valence electrons. The standard InChI is InChI=1S/C13H19FN2O3S/c1-19-6-8-20(18)7-2-3-13(17)16-10-4-5-11(14)12(15)9-10/h4-5,9H,2-3,6-8,15H2,1H3,(H,16,17). The molecule has 0 aromatic heterocycles. The van der Waals surface area contributed by atoms with Crippen molar-refractivity contribution in [3.8, 4) is 0 Å². The zero-order valence-electron chi connectivity index (χ0n) is 11.4. The fraction of sp³-hybridized carbons (Fsp3) is 0.462. The Morgan fingerprint density at radius 2 is 2.20 bits per heavy atom. The monoisotopic (exact) mass is 302 g/mol. The number of nitrogens with two attached hydrogens (primary N) is 1. The number of halogens is 1. The highest BCUT2D eigenvalue weighted by Crippen LogP contribution is 2.16. The summed E-state index contributed by atoms with van der Waals surface area (Å²) in [5.74, 6) is 0.214. The maximum absolute atomic E-state index is 12.9. The molecular weight excluding hydrogens is 283 g/mol. The summed E-state index contributed by atoms with van der Waals surface area (Å²) in [6.07, 6.45) is 0.787. The van der Waals surface area contributed by atoms with Gasteiger partial charge in [-0.05, 0) is 24.6 Å². The Morgan fingerprint density at radius 3 is 2.85 bits per heavy atom. The van der Waals surface area contributed by atoms with Crippen LogP contribution in [0.4, 0.5) is 15.8 Å². The van der Waals surface area contributed by atoms with Gasteiger partial charge in [-0.3, -0.25) is 9.00 Å². The minimum atomic E-state index is -0.964. The number of ether oxygens (including phenoxy) is 1. The molecular formula is C13H19FN2O3S. The van der Waals surface area contributed by atoms with Gasteiger partial charge in [0, 0.05) is 41.5 Å². The van der Waals surface area contributed by atoms with E-state index in [0.717, 1.165) is 0 Å². The van der Waals surface area contributed by atoms with E-state index in [4.69, 9.17) is 10.5 Å². The molecule has 5 nitrogen and oxygen atoms in total. The second kappa shape index (κ2) is 8.65. The van der Waals surface area contributed by atoms with E-state index in [1.54, 1.807) is 7.11 Å². The second-order valence-electron chi connectivity index (χ2n) is 4.23. The van der Waals surface area contributed by atoms with Gasteiger partial charge in [0.2, 0.25) is 5.91 Å². The van der Waals surface area contributed by atoms with E-state index in [0.29, 0.717) is 30.2 Å². The van der Waals surface area contributed by atoms with Crippen LogP contribution in [0.1, 0.15) is 12.8 Å². The number of anilines is 2. The summed E-state index contributed by atoms with van der Waals surface area (Å²) in [4.78, 5) is 11.6. The van der Waals surface area contributed by atoms with Gasteiger partial charge in [0.1, 0.15) is 5.82 Å². The van der Waals surface area contributed by atoms with E-state index in [2.05, 4.69) is 5.32 Å². The smallest absolute Gasteiger partial charge is 0.224 e. The number of nitrogen functional groups attached to an aromatic ring is 1. The van der Waals surface area contributed by atoms with Crippen molar-refractivity contribution in [1.29, 1.82) is 0 Å². The molecule has 0 bridgehead atoms. The number of rotatable bonds is 8. The molecule has 1 unspecified atom stereocenters. The lowest BCUT2D eigenvalue weighted by Crippen LogP contribution is -2.14. The molecule has 1 aromatic carbocycles. The summed E-state index contributed by atoms with van der Waals surface area (Å²) < 4.78 is 29.2. The van der Waals surface area contributed by atoms with Crippen molar-refractivity contribution in [3.63, 3.8) is 0 Å². The van der Waals surface area contributed by atoms with Crippen molar-refractivity contribution in [3.05, 3.63) is 24.0 Å². The Morgan fingerprint density at radius 1 is 1.45 bits per heavy atom. The molecule has 7 heteroatoms. The number of carbonyl (C=O) groups excluding carboxylic acids is 1. The Labute approximate surface area is 120 Å². The Hall–Kier alpha value is -1.47. The average Bonchev–Trinajstić information content (AvgIpc) is 2.40. The highest BCUT2D eigenvalue weighted by molar-refractivity contribution is 7.84. The van der Waals surface area contributed by atoms with Crippen molar-refractivity contribution < 1.29 is 18.1 Å². The molecule has 1 rings (SSSR count). The molecule has 0 saturated carbocycles. The van der Waals surface area contributed by atoms with Crippen LogP contribution in [0.15, 0.2) is 18.2 Å². The Kier molecular flexibility index (Phi) is 7.17. The molecule has 0 radical (unpaired) electrons. The van der Waals surface area contributed by atoms with E-state index >= 15 is 0 Å². The van der Waals surface area contributed by atoms with E-state index < -0.39 is 16.6 Å². The largest absolute Gasteiger partial charge is 0.396 e. The predicted octanol–water partition coefficient (Wildman–Crippen LogP) is 1.52. The van der Waals surface area contributed by atoms with Gasteiger partial charge in [-0.25, -0.2) is 4.39 Å². The summed E-state index contributed by atoms with van der Waals surface area (Å²) >= 11 is 0. The normalized spacial score (nSPS) is 12.1. The minimum absolute atomic E-state index is 0.0107. The quantitative estimate of drug-likeness (QED) is 0.713. The zero-order chi connectivity index (χ0) is 15.0. The summed E-state index contributed by atoms with van der Waals surface area (Å²) in [6, 6.07) is 4.01. The van der Waals surface area contributed by atoms with Crippen molar-refractivity contribution in [2.24, 2.45) is 0 Å². The second-order valence-corrected chi connectivity index (χ2v) is 5.93. The van der Waals surface area contributed by atoms with Gasteiger partial charge < -0.3 is 15.8 Å². The third-order valence-corrected chi connectivity index (χ3v) is 3.94. The van der Waals surface area contributed by atoms with Gasteiger partial charge >= 0.3 is 0 Å². The van der Waals surface area contributed by atoms with Crippen molar-refractivity contribution in [2.75, 3.05) is 36.3 Å². The lowest BCUT2D eigenvalue weighted by molar-refractivity contribution is -0.116. The van der Waals surface area contributed by atoms with Crippen LogP contribution < -0.4 is 11.1 Å². The molecule has 1 atom stereocenters. The molecule has 1 amide bonds. The summed E-state index contributed by atoms with van der Waals surface area (Å²) in [5, 5.41) is 2.62. The lowest BCUT2D eigenvalue weighted by Gasteiger charge is -2.06. The van der Waals surface area contributed by atoms with Crippen LogP contribution in [0.2, 0.25) is 0 Å². The van der Waals surface area contributed by atoms with E-state index in [-0.39, 0.29) is 18.0 Å². The first-order valence-electron chi connectivity index (χ1n) is 6.21. The predicted molar refractivity (Wildman–Crippen MR) is 78.4 cm³/mol. The molecule has 0 saturated heterocycles. The Balaban J connectivity index is 2.29. The van der Waals surface area contributed by atoms with Crippen molar-refractivity contribution >= 4 is 28.1 Å². The minimum Gasteiger partial charge on any atom is -0.396 e. The average molecular weight is 302 g/mol. The number of benzene rings is 1. The van der Waals surface area contributed by atoms with Crippen LogP contribution in [0.3, 0.4) is 0 Å². The van der Waals surface area contributed by atoms with Crippen LogP contribution in [0, 0.1) is 5.82 Å². The molecule has 1 aromatic rings. The first-order chi connectivity index (χ1) is 9.52. The topological polar surface area (TPSA) is 81.4 Å². The molecule has 0 aliphatic rings. The van der Waals surface area contributed by atoms with Gasteiger partial charge in [0.25, 0.3) is 0 Å².